The maximum absolute atomic E-state index is 11.8. The van der Waals surface area contributed by atoms with Crippen molar-refractivity contribution in [2.45, 2.75) is 31.4 Å². The molecule has 1 saturated heterocycles. The Labute approximate surface area is 176 Å². The van der Waals surface area contributed by atoms with Crippen LogP contribution in [0.2, 0.25) is 10.0 Å². The summed E-state index contributed by atoms with van der Waals surface area (Å²) in [4.78, 5) is 15.9. The summed E-state index contributed by atoms with van der Waals surface area (Å²) in [5.74, 6) is 0.0165. The summed E-state index contributed by atoms with van der Waals surface area (Å²) in [6.07, 6.45) is 1.28. The van der Waals surface area contributed by atoms with Gasteiger partial charge in [0, 0.05) is 33.6 Å². The van der Waals surface area contributed by atoms with Crippen molar-refractivity contribution in [2.75, 3.05) is 26.7 Å². The summed E-state index contributed by atoms with van der Waals surface area (Å²) in [5.41, 5.74) is 1.17. The van der Waals surface area contributed by atoms with E-state index >= 15 is 0 Å². The minimum absolute atomic E-state index is 0.0102. The van der Waals surface area contributed by atoms with E-state index in [9.17, 15) is 9.90 Å². The summed E-state index contributed by atoms with van der Waals surface area (Å²) in [6, 6.07) is 15.5. The predicted octanol–water partition coefficient (Wildman–Crippen LogP) is 4.50. The second kappa shape index (κ2) is 8.83. The number of hydrogen-bond donors (Lipinski definition) is 1. The van der Waals surface area contributed by atoms with Crippen molar-refractivity contribution in [1.82, 2.24) is 9.80 Å². The van der Waals surface area contributed by atoms with Crippen LogP contribution in [0.5, 0.6) is 0 Å². The fourth-order valence-electron chi connectivity index (χ4n) is 3.78. The lowest BCUT2D eigenvalue weighted by Gasteiger charge is -2.43. The van der Waals surface area contributed by atoms with Crippen molar-refractivity contribution >= 4 is 29.1 Å². The van der Waals surface area contributed by atoms with Crippen LogP contribution in [0.1, 0.15) is 36.9 Å². The molecule has 4 nitrogen and oxygen atoms in total. The molecule has 1 unspecified atom stereocenters. The Kier molecular flexibility index (Phi) is 6.66. The summed E-state index contributed by atoms with van der Waals surface area (Å²) >= 11 is 12.3. The SMILES string of the molecule is CC(=O)N(C)CC(c1ccc(Cl)c(Cl)c1)N1CCC(O)(c2ccccc2)CC1. The van der Waals surface area contributed by atoms with Crippen molar-refractivity contribution in [3.05, 3.63) is 69.7 Å². The van der Waals surface area contributed by atoms with Gasteiger partial charge >= 0.3 is 0 Å². The first-order valence-electron chi connectivity index (χ1n) is 9.49. The van der Waals surface area contributed by atoms with Gasteiger partial charge in [0.25, 0.3) is 0 Å². The Morgan fingerprint density at radius 3 is 2.36 bits per heavy atom. The molecule has 0 bridgehead atoms. The van der Waals surface area contributed by atoms with E-state index in [-0.39, 0.29) is 11.9 Å². The molecule has 1 aliphatic rings. The average Bonchev–Trinajstić information content (AvgIpc) is 2.69. The highest BCUT2D eigenvalue weighted by Gasteiger charge is 2.36. The van der Waals surface area contributed by atoms with Crippen molar-refractivity contribution in [3.8, 4) is 0 Å². The lowest BCUT2D eigenvalue weighted by Crippen LogP contribution is -2.46. The minimum Gasteiger partial charge on any atom is -0.385 e. The van der Waals surface area contributed by atoms with Crippen LogP contribution >= 0.6 is 23.2 Å². The third-order valence-corrected chi connectivity index (χ3v) is 6.43. The zero-order chi connectivity index (χ0) is 20.3. The molecular formula is C22H26Cl2N2O2. The highest BCUT2D eigenvalue weighted by atomic mass is 35.5. The average molecular weight is 421 g/mol. The van der Waals surface area contributed by atoms with Crippen LogP contribution < -0.4 is 0 Å². The van der Waals surface area contributed by atoms with Gasteiger partial charge in [-0.25, -0.2) is 0 Å². The predicted molar refractivity (Wildman–Crippen MR) is 114 cm³/mol. The Balaban J connectivity index is 1.81. The largest absolute Gasteiger partial charge is 0.385 e. The number of hydrogen-bond acceptors (Lipinski definition) is 3. The van der Waals surface area contributed by atoms with Gasteiger partial charge in [-0.2, -0.15) is 0 Å². The lowest BCUT2D eigenvalue weighted by atomic mass is 9.83. The summed E-state index contributed by atoms with van der Waals surface area (Å²) < 4.78 is 0. The smallest absolute Gasteiger partial charge is 0.219 e. The van der Waals surface area contributed by atoms with E-state index in [0.29, 0.717) is 29.4 Å². The molecule has 1 aliphatic heterocycles. The molecule has 6 heteroatoms. The number of carbonyl (C=O) groups excluding carboxylic acids is 1. The topological polar surface area (TPSA) is 43.8 Å². The van der Waals surface area contributed by atoms with Crippen LogP contribution in [-0.2, 0) is 10.4 Å². The summed E-state index contributed by atoms with van der Waals surface area (Å²) in [7, 11) is 1.80. The number of carbonyl (C=O) groups is 1. The molecule has 1 atom stereocenters. The van der Waals surface area contributed by atoms with Crippen LogP contribution in [0.4, 0.5) is 0 Å². The highest BCUT2D eigenvalue weighted by Crippen LogP contribution is 2.37. The first-order chi connectivity index (χ1) is 13.3. The van der Waals surface area contributed by atoms with E-state index in [1.165, 1.54) is 0 Å². The van der Waals surface area contributed by atoms with Crippen LogP contribution in [0.3, 0.4) is 0 Å². The molecule has 3 rings (SSSR count). The van der Waals surface area contributed by atoms with Gasteiger partial charge in [-0.05, 0) is 36.1 Å². The molecule has 0 aromatic heterocycles. The third-order valence-electron chi connectivity index (χ3n) is 5.69. The van der Waals surface area contributed by atoms with Crippen LogP contribution in [0.25, 0.3) is 0 Å². The van der Waals surface area contributed by atoms with Crippen molar-refractivity contribution in [1.29, 1.82) is 0 Å². The van der Waals surface area contributed by atoms with Gasteiger partial charge in [0.15, 0.2) is 0 Å². The first kappa shape index (κ1) is 21.1. The Hall–Kier alpha value is -1.59. The Morgan fingerprint density at radius 2 is 1.79 bits per heavy atom. The van der Waals surface area contributed by atoms with Crippen LogP contribution in [0.15, 0.2) is 48.5 Å². The highest BCUT2D eigenvalue weighted by molar-refractivity contribution is 6.42. The van der Waals surface area contributed by atoms with E-state index in [4.69, 9.17) is 23.2 Å². The number of rotatable bonds is 5. The normalized spacial score (nSPS) is 17.9. The number of halogens is 2. The molecule has 0 saturated carbocycles. The van der Waals surface area contributed by atoms with E-state index in [2.05, 4.69) is 4.90 Å². The van der Waals surface area contributed by atoms with Gasteiger partial charge in [-0.15, -0.1) is 0 Å². The van der Waals surface area contributed by atoms with E-state index in [0.717, 1.165) is 24.2 Å². The molecule has 2 aromatic rings. The number of amides is 1. The van der Waals surface area contributed by atoms with Crippen molar-refractivity contribution < 1.29 is 9.90 Å². The maximum Gasteiger partial charge on any atom is 0.219 e. The quantitative estimate of drug-likeness (QED) is 0.774. The van der Waals surface area contributed by atoms with Crippen LogP contribution in [-0.4, -0.2) is 47.5 Å². The zero-order valence-corrected chi connectivity index (χ0v) is 17.7. The lowest BCUT2D eigenvalue weighted by molar-refractivity contribution is -0.128. The van der Waals surface area contributed by atoms with Gasteiger partial charge in [-0.3, -0.25) is 9.69 Å². The fourth-order valence-corrected chi connectivity index (χ4v) is 4.09. The molecule has 0 radical (unpaired) electrons. The number of piperidine rings is 1. The monoisotopic (exact) mass is 420 g/mol. The third kappa shape index (κ3) is 4.69. The van der Waals surface area contributed by atoms with E-state index in [1.807, 2.05) is 42.5 Å². The number of nitrogens with zero attached hydrogens (tertiary/aromatic N) is 2. The first-order valence-corrected chi connectivity index (χ1v) is 10.2. The maximum atomic E-state index is 11.8. The van der Waals surface area contributed by atoms with E-state index in [1.54, 1.807) is 24.9 Å². The second-order valence-electron chi connectivity index (χ2n) is 7.52. The molecule has 1 heterocycles. The summed E-state index contributed by atoms with van der Waals surface area (Å²) in [6.45, 7) is 3.57. The van der Waals surface area contributed by atoms with Crippen molar-refractivity contribution in [2.24, 2.45) is 0 Å². The molecular weight excluding hydrogens is 395 g/mol. The number of likely N-dealkylation sites (N-methyl/N-ethyl adjacent to an activating group) is 1. The van der Waals surface area contributed by atoms with Gasteiger partial charge in [0.2, 0.25) is 5.91 Å². The Bertz CT molecular complexity index is 821. The van der Waals surface area contributed by atoms with Crippen LogP contribution in [0, 0.1) is 0 Å². The van der Waals surface area contributed by atoms with Gasteiger partial charge in [0.1, 0.15) is 0 Å². The second-order valence-corrected chi connectivity index (χ2v) is 8.34. The molecule has 1 N–H and O–H groups in total. The molecule has 150 valence electrons. The number of benzene rings is 2. The molecule has 0 aliphatic carbocycles. The Morgan fingerprint density at radius 1 is 1.14 bits per heavy atom. The number of likely N-dealkylation sites (tertiary alicyclic amines) is 1. The molecule has 1 amide bonds. The zero-order valence-electron chi connectivity index (χ0n) is 16.2. The van der Waals surface area contributed by atoms with Gasteiger partial charge in [0.05, 0.1) is 21.7 Å². The van der Waals surface area contributed by atoms with Gasteiger partial charge < -0.3 is 10.0 Å². The number of aliphatic hydroxyl groups is 1. The molecule has 2 aromatic carbocycles. The molecule has 1 fully saturated rings. The molecule has 28 heavy (non-hydrogen) atoms. The van der Waals surface area contributed by atoms with Gasteiger partial charge in [-0.1, -0.05) is 59.6 Å². The van der Waals surface area contributed by atoms with Crippen molar-refractivity contribution in [3.63, 3.8) is 0 Å². The summed E-state index contributed by atoms with van der Waals surface area (Å²) in [5, 5.41) is 12.2. The molecule has 0 spiro atoms. The minimum atomic E-state index is -0.813. The fraction of sp³-hybridized carbons (Fsp3) is 0.409. The standard InChI is InChI=1S/C22H26Cl2N2O2/c1-16(27)25(2)15-21(17-8-9-19(23)20(24)14-17)26-12-10-22(28,11-13-26)18-6-4-3-5-7-18/h3-9,14,21,28H,10-13,15H2,1-2H3. The van der Waals surface area contributed by atoms with E-state index < -0.39 is 5.60 Å².